The number of carbonyl (C=O) groups is 1. The van der Waals surface area contributed by atoms with Crippen molar-refractivity contribution in [1.82, 2.24) is 15.5 Å². The SMILES string of the molecule is CC(NCCc1ncno1)c1ccc(C(=O)O)o1. The molecule has 1 atom stereocenters. The summed E-state index contributed by atoms with van der Waals surface area (Å²) < 4.78 is 10.0. The molecule has 2 aromatic rings. The van der Waals surface area contributed by atoms with E-state index in [1.54, 1.807) is 6.07 Å². The largest absolute Gasteiger partial charge is 0.475 e. The van der Waals surface area contributed by atoms with Gasteiger partial charge in [-0.25, -0.2) is 4.79 Å². The van der Waals surface area contributed by atoms with Gasteiger partial charge in [0.05, 0.1) is 6.04 Å². The van der Waals surface area contributed by atoms with Crippen molar-refractivity contribution in [1.29, 1.82) is 0 Å². The van der Waals surface area contributed by atoms with E-state index in [4.69, 9.17) is 14.0 Å². The summed E-state index contributed by atoms with van der Waals surface area (Å²) in [6, 6.07) is 3.00. The standard InChI is InChI=1S/C11H13N3O4/c1-7(8-2-3-9(17-8)11(15)16)12-5-4-10-13-6-14-18-10/h2-3,6-7,12H,4-5H2,1H3,(H,15,16). The maximum absolute atomic E-state index is 10.7. The molecule has 0 saturated carbocycles. The van der Waals surface area contributed by atoms with Crippen LogP contribution in [0.15, 0.2) is 27.4 Å². The molecule has 2 rings (SSSR count). The van der Waals surface area contributed by atoms with E-state index in [2.05, 4.69) is 15.5 Å². The Bertz CT molecular complexity index is 506. The number of hydrogen-bond acceptors (Lipinski definition) is 6. The van der Waals surface area contributed by atoms with Crippen molar-refractivity contribution in [2.75, 3.05) is 6.54 Å². The minimum absolute atomic E-state index is 0.0597. The van der Waals surface area contributed by atoms with Gasteiger partial charge in [0, 0.05) is 13.0 Å². The molecule has 0 aliphatic carbocycles. The summed E-state index contributed by atoms with van der Waals surface area (Å²) >= 11 is 0. The van der Waals surface area contributed by atoms with Gasteiger partial charge in [0.2, 0.25) is 11.7 Å². The second-order valence-corrected chi connectivity index (χ2v) is 3.77. The molecular formula is C11H13N3O4. The van der Waals surface area contributed by atoms with Crippen LogP contribution >= 0.6 is 0 Å². The van der Waals surface area contributed by atoms with Crippen LogP contribution in [0.5, 0.6) is 0 Å². The van der Waals surface area contributed by atoms with E-state index in [0.717, 1.165) is 0 Å². The zero-order chi connectivity index (χ0) is 13.0. The minimum atomic E-state index is -1.07. The van der Waals surface area contributed by atoms with Crippen LogP contribution in [0, 0.1) is 0 Å². The Hall–Kier alpha value is -2.15. The molecule has 1 unspecified atom stereocenters. The van der Waals surface area contributed by atoms with E-state index in [1.165, 1.54) is 12.4 Å². The maximum Gasteiger partial charge on any atom is 0.371 e. The quantitative estimate of drug-likeness (QED) is 0.796. The number of aromatic nitrogens is 2. The third-order valence-electron chi connectivity index (χ3n) is 2.46. The smallest absolute Gasteiger partial charge is 0.371 e. The Kier molecular flexibility index (Phi) is 3.73. The van der Waals surface area contributed by atoms with Crippen LogP contribution in [0.1, 0.15) is 35.2 Å². The molecule has 2 aromatic heterocycles. The lowest BCUT2D eigenvalue weighted by Gasteiger charge is -2.09. The fourth-order valence-corrected chi connectivity index (χ4v) is 1.50. The molecule has 0 radical (unpaired) electrons. The Labute approximate surface area is 103 Å². The third-order valence-corrected chi connectivity index (χ3v) is 2.46. The predicted molar refractivity (Wildman–Crippen MR) is 60.1 cm³/mol. The van der Waals surface area contributed by atoms with Crippen LogP contribution in [-0.2, 0) is 6.42 Å². The van der Waals surface area contributed by atoms with Gasteiger partial charge in [-0.2, -0.15) is 4.98 Å². The number of rotatable bonds is 6. The molecule has 0 aromatic carbocycles. The summed E-state index contributed by atoms with van der Waals surface area (Å²) in [7, 11) is 0. The molecule has 2 N–H and O–H groups in total. The summed E-state index contributed by atoms with van der Waals surface area (Å²) in [5.74, 6) is 0.00756. The van der Waals surface area contributed by atoms with Crippen LogP contribution in [0.25, 0.3) is 0 Å². The lowest BCUT2D eigenvalue weighted by molar-refractivity contribution is 0.0659. The average molecular weight is 251 g/mol. The first-order valence-electron chi connectivity index (χ1n) is 5.49. The molecule has 7 nitrogen and oxygen atoms in total. The summed E-state index contributed by atoms with van der Waals surface area (Å²) in [4.78, 5) is 14.6. The van der Waals surface area contributed by atoms with Crippen LogP contribution in [-0.4, -0.2) is 27.8 Å². The molecule has 0 saturated heterocycles. The first kappa shape index (κ1) is 12.3. The number of nitrogens with zero attached hydrogens (tertiary/aromatic N) is 2. The van der Waals surface area contributed by atoms with Crippen LogP contribution in [0.2, 0.25) is 0 Å². The van der Waals surface area contributed by atoms with E-state index >= 15 is 0 Å². The fraction of sp³-hybridized carbons (Fsp3) is 0.364. The highest BCUT2D eigenvalue weighted by molar-refractivity contribution is 5.84. The van der Waals surface area contributed by atoms with Gasteiger partial charge < -0.3 is 19.4 Å². The highest BCUT2D eigenvalue weighted by Crippen LogP contribution is 2.16. The van der Waals surface area contributed by atoms with Gasteiger partial charge in [-0.05, 0) is 19.1 Å². The number of hydrogen-bond donors (Lipinski definition) is 2. The number of furan rings is 1. The Morgan fingerprint density at radius 1 is 1.56 bits per heavy atom. The van der Waals surface area contributed by atoms with Crippen LogP contribution < -0.4 is 5.32 Å². The third kappa shape index (κ3) is 2.95. The van der Waals surface area contributed by atoms with E-state index in [9.17, 15) is 4.79 Å². The normalized spacial score (nSPS) is 12.5. The fourth-order valence-electron chi connectivity index (χ4n) is 1.50. The molecule has 0 bridgehead atoms. The highest BCUT2D eigenvalue weighted by atomic mass is 16.5. The molecule has 18 heavy (non-hydrogen) atoms. The molecule has 2 heterocycles. The van der Waals surface area contributed by atoms with Crippen molar-refractivity contribution in [3.63, 3.8) is 0 Å². The Balaban J connectivity index is 1.83. The van der Waals surface area contributed by atoms with Crippen molar-refractivity contribution in [3.8, 4) is 0 Å². The van der Waals surface area contributed by atoms with E-state index in [0.29, 0.717) is 24.6 Å². The molecule has 96 valence electrons. The van der Waals surface area contributed by atoms with Gasteiger partial charge in [-0.15, -0.1) is 0 Å². The monoisotopic (exact) mass is 251 g/mol. The second-order valence-electron chi connectivity index (χ2n) is 3.77. The van der Waals surface area contributed by atoms with Gasteiger partial charge in [0.1, 0.15) is 5.76 Å². The number of carboxylic acid groups (broad SMARTS) is 1. The van der Waals surface area contributed by atoms with Gasteiger partial charge in [-0.1, -0.05) is 5.16 Å². The predicted octanol–water partition coefficient (Wildman–Crippen LogP) is 1.25. The molecule has 0 amide bonds. The summed E-state index contributed by atoms with van der Waals surface area (Å²) in [6.07, 6.45) is 1.96. The molecular weight excluding hydrogens is 238 g/mol. The lowest BCUT2D eigenvalue weighted by atomic mass is 10.2. The van der Waals surface area contributed by atoms with Crippen LogP contribution in [0.4, 0.5) is 0 Å². The Morgan fingerprint density at radius 2 is 2.39 bits per heavy atom. The van der Waals surface area contributed by atoms with E-state index in [1.807, 2.05) is 6.92 Å². The molecule has 0 aliphatic heterocycles. The van der Waals surface area contributed by atoms with Gasteiger partial charge in [0.15, 0.2) is 6.33 Å². The zero-order valence-electron chi connectivity index (χ0n) is 9.79. The van der Waals surface area contributed by atoms with Crippen molar-refractivity contribution in [2.24, 2.45) is 0 Å². The molecule has 0 fully saturated rings. The van der Waals surface area contributed by atoms with E-state index in [-0.39, 0.29) is 11.8 Å². The molecule has 0 aliphatic rings. The van der Waals surface area contributed by atoms with E-state index < -0.39 is 5.97 Å². The van der Waals surface area contributed by atoms with Gasteiger partial charge in [-0.3, -0.25) is 0 Å². The molecule has 7 heteroatoms. The lowest BCUT2D eigenvalue weighted by Crippen LogP contribution is -2.21. The number of aromatic carboxylic acids is 1. The first-order chi connectivity index (χ1) is 8.66. The van der Waals surface area contributed by atoms with Crippen LogP contribution in [0.3, 0.4) is 0 Å². The molecule has 0 spiro atoms. The maximum atomic E-state index is 10.7. The van der Waals surface area contributed by atoms with Crippen molar-refractivity contribution < 1.29 is 18.8 Å². The van der Waals surface area contributed by atoms with Crippen molar-refractivity contribution >= 4 is 5.97 Å². The van der Waals surface area contributed by atoms with Crippen molar-refractivity contribution in [2.45, 2.75) is 19.4 Å². The number of nitrogens with one attached hydrogen (secondary N) is 1. The highest BCUT2D eigenvalue weighted by Gasteiger charge is 2.13. The summed E-state index contributed by atoms with van der Waals surface area (Å²) in [5.41, 5.74) is 0. The summed E-state index contributed by atoms with van der Waals surface area (Å²) in [6.45, 7) is 2.52. The van der Waals surface area contributed by atoms with Crippen molar-refractivity contribution in [3.05, 3.63) is 35.9 Å². The van der Waals surface area contributed by atoms with Gasteiger partial charge in [0.25, 0.3) is 0 Å². The Morgan fingerprint density at radius 3 is 3.00 bits per heavy atom. The number of carboxylic acids is 1. The average Bonchev–Trinajstić information content (AvgIpc) is 2.99. The van der Waals surface area contributed by atoms with Gasteiger partial charge >= 0.3 is 5.97 Å². The first-order valence-corrected chi connectivity index (χ1v) is 5.49. The zero-order valence-corrected chi connectivity index (χ0v) is 9.79. The minimum Gasteiger partial charge on any atom is -0.475 e. The topological polar surface area (TPSA) is 101 Å². The summed E-state index contributed by atoms with van der Waals surface area (Å²) in [5, 5.41) is 15.4. The second kappa shape index (κ2) is 5.46.